The van der Waals surface area contributed by atoms with Crippen molar-refractivity contribution in [3.8, 4) is 11.5 Å². The second kappa shape index (κ2) is 6.49. The average molecular weight is 322 g/mol. The molecule has 0 saturated carbocycles. The molecular formula is C13H18N6O2S. The molecule has 1 fully saturated rings. The molecule has 0 unspecified atom stereocenters. The Morgan fingerprint density at radius 3 is 3.05 bits per heavy atom. The molecule has 1 aliphatic rings. The van der Waals surface area contributed by atoms with E-state index in [4.69, 9.17) is 10.5 Å². The number of carbonyl (C=O) groups excluding carboxylic acids is 1. The van der Waals surface area contributed by atoms with Gasteiger partial charge in [0, 0.05) is 19.9 Å². The van der Waals surface area contributed by atoms with Crippen molar-refractivity contribution in [3.05, 3.63) is 12.3 Å². The maximum atomic E-state index is 11.0. The number of aromatic nitrogens is 5. The highest BCUT2D eigenvalue weighted by Gasteiger charge is 2.22. The highest BCUT2D eigenvalue weighted by Crippen LogP contribution is 2.25. The van der Waals surface area contributed by atoms with Gasteiger partial charge in [0.25, 0.3) is 0 Å². The lowest BCUT2D eigenvalue weighted by Gasteiger charge is -2.13. The Morgan fingerprint density at radius 1 is 1.55 bits per heavy atom. The summed E-state index contributed by atoms with van der Waals surface area (Å²) in [4.78, 5) is 11.0. The third-order valence-corrected chi connectivity index (χ3v) is 4.40. The number of rotatable bonds is 6. The Labute approximate surface area is 132 Å². The average Bonchev–Trinajstić information content (AvgIpc) is 3.18. The van der Waals surface area contributed by atoms with E-state index >= 15 is 0 Å². The van der Waals surface area contributed by atoms with E-state index in [0.717, 1.165) is 25.1 Å². The Morgan fingerprint density at radius 2 is 2.41 bits per heavy atom. The van der Waals surface area contributed by atoms with Gasteiger partial charge in [0.15, 0.2) is 11.0 Å². The van der Waals surface area contributed by atoms with Crippen molar-refractivity contribution in [3.63, 3.8) is 0 Å². The van der Waals surface area contributed by atoms with Crippen molar-refractivity contribution < 1.29 is 9.53 Å². The zero-order chi connectivity index (χ0) is 15.5. The molecule has 1 amide bonds. The van der Waals surface area contributed by atoms with E-state index in [1.807, 2.05) is 23.9 Å². The maximum Gasteiger partial charge on any atom is 0.227 e. The SMILES string of the molecule is Cn1ccc(-c2nnc(SCC(N)=O)n2C[C@@H]2CCCO2)n1. The largest absolute Gasteiger partial charge is 0.376 e. The van der Waals surface area contributed by atoms with Gasteiger partial charge in [0.2, 0.25) is 5.91 Å². The van der Waals surface area contributed by atoms with E-state index in [1.54, 1.807) is 4.68 Å². The van der Waals surface area contributed by atoms with E-state index in [-0.39, 0.29) is 17.8 Å². The summed E-state index contributed by atoms with van der Waals surface area (Å²) in [5.74, 6) is 0.477. The molecule has 1 aliphatic heterocycles. The number of thioether (sulfide) groups is 1. The van der Waals surface area contributed by atoms with Crippen LogP contribution in [0.5, 0.6) is 0 Å². The predicted molar refractivity (Wildman–Crippen MR) is 81.1 cm³/mol. The van der Waals surface area contributed by atoms with Crippen LogP contribution >= 0.6 is 11.8 Å². The molecular weight excluding hydrogens is 304 g/mol. The van der Waals surface area contributed by atoms with E-state index in [1.165, 1.54) is 11.8 Å². The zero-order valence-electron chi connectivity index (χ0n) is 12.3. The summed E-state index contributed by atoms with van der Waals surface area (Å²) in [6.07, 6.45) is 4.08. The van der Waals surface area contributed by atoms with Crippen LogP contribution in [0.25, 0.3) is 11.5 Å². The minimum Gasteiger partial charge on any atom is -0.376 e. The maximum absolute atomic E-state index is 11.0. The minimum absolute atomic E-state index is 0.145. The molecule has 22 heavy (non-hydrogen) atoms. The van der Waals surface area contributed by atoms with E-state index < -0.39 is 0 Å². The summed E-state index contributed by atoms with van der Waals surface area (Å²) in [5, 5.41) is 13.4. The molecule has 2 N–H and O–H groups in total. The Kier molecular flexibility index (Phi) is 4.44. The first-order chi connectivity index (χ1) is 10.6. The van der Waals surface area contributed by atoms with Crippen LogP contribution in [-0.4, -0.2) is 48.9 Å². The molecule has 0 radical (unpaired) electrons. The number of aryl methyl sites for hydroxylation is 1. The molecule has 118 valence electrons. The van der Waals surface area contributed by atoms with Gasteiger partial charge in [-0.1, -0.05) is 11.8 Å². The monoisotopic (exact) mass is 322 g/mol. The highest BCUT2D eigenvalue weighted by molar-refractivity contribution is 7.99. The second-order valence-electron chi connectivity index (χ2n) is 5.18. The summed E-state index contributed by atoms with van der Waals surface area (Å²) < 4.78 is 9.38. The van der Waals surface area contributed by atoms with Crippen molar-refractivity contribution in [2.45, 2.75) is 30.6 Å². The molecule has 8 nitrogen and oxygen atoms in total. The zero-order valence-corrected chi connectivity index (χ0v) is 13.1. The van der Waals surface area contributed by atoms with Crippen LogP contribution in [-0.2, 0) is 23.1 Å². The Bertz CT molecular complexity index is 661. The summed E-state index contributed by atoms with van der Waals surface area (Å²) in [5.41, 5.74) is 5.97. The number of primary amides is 1. The minimum atomic E-state index is -0.379. The van der Waals surface area contributed by atoms with E-state index in [9.17, 15) is 4.79 Å². The van der Waals surface area contributed by atoms with Crippen molar-refractivity contribution in [1.29, 1.82) is 0 Å². The molecule has 3 heterocycles. The molecule has 0 bridgehead atoms. The molecule has 1 saturated heterocycles. The third kappa shape index (κ3) is 3.30. The van der Waals surface area contributed by atoms with Crippen LogP contribution in [0.2, 0.25) is 0 Å². The molecule has 2 aromatic rings. The lowest BCUT2D eigenvalue weighted by atomic mass is 10.2. The molecule has 3 rings (SSSR count). The number of amides is 1. The fourth-order valence-electron chi connectivity index (χ4n) is 2.41. The quantitative estimate of drug-likeness (QED) is 0.774. The number of ether oxygens (including phenoxy) is 1. The summed E-state index contributed by atoms with van der Waals surface area (Å²) >= 11 is 1.29. The van der Waals surface area contributed by atoms with Crippen molar-refractivity contribution in [1.82, 2.24) is 24.5 Å². The fraction of sp³-hybridized carbons (Fsp3) is 0.538. The Balaban J connectivity index is 1.89. The van der Waals surface area contributed by atoms with Crippen LogP contribution in [0.15, 0.2) is 17.4 Å². The normalized spacial score (nSPS) is 18.0. The van der Waals surface area contributed by atoms with Crippen LogP contribution in [0.4, 0.5) is 0 Å². The predicted octanol–water partition coefficient (Wildman–Crippen LogP) is 0.435. The standard InChI is InChI=1S/C13H18N6O2S/c1-18-5-4-10(17-18)12-15-16-13(22-8-11(14)20)19(12)7-9-3-2-6-21-9/h4-5,9H,2-3,6-8H2,1H3,(H2,14,20)/t9-/m0/s1. The first-order valence-corrected chi connectivity index (χ1v) is 8.08. The first kappa shape index (κ1) is 15.0. The fourth-order valence-corrected chi connectivity index (χ4v) is 3.10. The lowest BCUT2D eigenvalue weighted by Crippen LogP contribution is -2.18. The molecule has 9 heteroatoms. The smallest absolute Gasteiger partial charge is 0.227 e. The summed E-state index contributed by atoms with van der Waals surface area (Å²) in [6, 6.07) is 1.89. The number of nitrogens with two attached hydrogens (primary N) is 1. The van der Waals surface area contributed by atoms with Crippen molar-refractivity contribution in [2.75, 3.05) is 12.4 Å². The first-order valence-electron chi connectivity index (χ1n) is 7.09. The van der Waals surface area contributed by atoms with Gasteiger partial charge in [-0.15, -0.1) is 10.2 Å². The van der Waals surface area contributed by atoms with Gasteiger partial charge in [-0.2, -0.15) is 5.10 Å². The molecule has 1 atom stereocenters. The van der Waals surface area contributed by atoms with Gasteiger partial charge in [-0.3, -0.25) is 14.0 Å². The van der Waals surface area contributed by atoms with Gasteiger partial charge in [0.05, 0.1) is 18.4 Å². The van der Waals surface area contributed by atoms with Gasteiger partial charge in [-0.25, -0.2) is 0 Å². The van der Waals surface area contributed by atoms with Crippen LogP contribution < -0.4 is 5.73 Å². The van der Waals surface area contributed by atoms with Crippen LogP contribution in [0.3, 0.4) is 0 Å². The van der Waals surface area contributed by atoms with Crippen molar-refractivity contribution >= 4 is 17.7 Å². The molecule has 0 spiro atoms. The number of nitrogens with zero attached hydrogens (tertiary/aromatic N) is 5. The number of hydrogen-bond donors (Lipinski definition) is 1. The second-order valence-corrected chi connectivity index (χ2v) is 6.12. The molecule has 0 aromatic carbocycles. The van der Waals surface area contributed by atoms with Gasteiger partial charge in [0.1, 0.15) is 5.69 Å². The van der Waals surface area contributed by atoms with Gasteiger partial charge < -0.3 is 10.5 Å². The molecule has 2 aromatic heterocycles. The lowest BCUT2D eigenvalue weighted by molar-refractivity contribution is -0.115. The van der Waals surface area contributed by atoms with E-state index in [0.29, 0.717) is 17.5 Å². The summed E-state index contributed by atoms with van der Waals surface area (Å²) in [6.45, 7) is 1.44. The number of carbonyl (C=O) groups is 1. The van der Waals surface area contributed by atoms with Crippen molar-refractivity contribution in [2.24, 2.45) is 12.8 Å². The van der Waals surface area contributed by atoms with Crippen LogP contribution in [0.1, 0.15) is 12.8 Å². The topological polar surface area (TPSA) is 101 Å². The van der Waals surface area contributed by atoms with E-state index in [2.05, 4.69) is 15.3 Å². The Hall–Kier alpha value is -1.87. The van der Waals surface area contributed by atoms with Crippen LogP contribution in [0, 0.1) is 0 Å². The van der Waals surface area contributed by atoms with Gasteiger partial charge >= 0.3 is 0 Å². The highest BCUT2D eigenvalue weighted by atomic mass is 32.2. The molecule has 0 aliphatic carbocycles. The summed E-state index contributed by atoms with van der Waals surface area (Å²) in [7, 11) is 1.85. The third-order valence-electron chi connectivity index (χ3n) is 3.41. The van der Waals surface area contributed by atoms with Gasteiger partial charge in [-0.05, 0) is 18.9 Å². The number of hydrogen-bond acceptors (Lipinski definition) is 6.